The molecular formula is C21H21NO4S. The third kappa shape index (κ3) is 4.65. The van der Waals surface area contributed by atoms with Crippen LogP contribution >= 0.6 is 11.3 Å². The molecule has 0 spiro atoms. The SMILES string of the molecule is CCc1nc(-c2ccc(OCCOc3ccccc3C)cc2)sc1C(=O)O. The zero-order valence-corrected chi connectivity index (χ0v) is 16.1. The summed E-state index contributed by atoms with van der Waals surface area (Å²) in [5.41, 5.74) is 2.60. The number of rotatable bonds is 8. The van der Waals surface area contributed by atoms with Crippen LogP contribution in [0.15, 0.2) is 48.5 Å². The summed E-state index contributed by atoms with van der Waals surface area (Å²) in [4.78, 5) is 16.0. The number of ether oxygens (including phenoxy) is 2. The molecule has 0 aliphatic carbocycles. The summed E-state index contributed by atoms with van der Waals surface area (Å²) in [7, 11) is 0. The molecule has 0 radical (unpaired) electrons. The third-order valence-electron chi connectivity index (χ3n) is 4.03. The van der Waals surface area contributed by atoms with Crippen LogP contribution in [0.25, 0.3) is 10.6 Å². The summed E-state index contributed by atoms with van der Waals surface area (Å²) in [6.07, 6.45) is 0.597. The zero-order valence-electron chi connectivity index (χ0n) is 15.3. The molecule has 0 atom stereocenters. The highest BCUT2D eigenvalue weighted by Gasteiger charge is 2.16. The molecule has 0 bridgehead atoms. The minimum absolute atomic E-state index is 0.307. The average molecular weight is 383 g/mol. The Labute approximate surface area is 162 Å². The highest BCUT2D eigenvalue weighted by Crippen LogP contribution is 2.29. The van der Waals surface area contributed by atoms with E-state index in [2.05, 4.69) is 4.98 Å². The molecule has 0 aliphatic heterocycles. The van der Waals surface area contributed by atoms with Gasteiger partial charge in [0.05, 0.1) is 5.69 Å². The maximum Gasteiger partial charge on any atom is 0.347 e. The van der Waals surface area contributed by atoms with Crippen molar-refractivity contribution < 1.29 is 19.4 Å². The minimum Gasteiger partial charge on any atom is -0.490 e. The van der Waals surface area contributed by atoms with Crippen molar-refractivity contribution in [2.45, 2.75) is 20.3 Å². The lowest BCUT2D eigenvalue weighted by atomic mass is 10.2. The summed E-state index contributed by atoms with van der Waals surface area (Å²) in [6, 6.07) is 15.4. The molecule has 1 aromatic heterocycles. The molecule has 2 aromatic carbocycles. The zero-order chi connectivity index (χ0) is 19.2. The Hall–Kier alpha value is -2.86. The number of hydrogen-bond donors (Lipinski definition) is 1. The number of para-hydroxylation sites is 1. The standard InChI is InChI=1S/C21H21NO4S/c1-3-17-19(21(23)24)27-20(22-17)15-8-10-16(11-9-15)25-12-13-26-18-7-5-4-6-14(18)2/h4-11H,3,12-13H2,1-2H3,(H,23,24). The third-order valence-corrected chi connectivity index (χ3v) is 5.17. The summed E-state index contributed by atoms with van der Waals surface area (Å²) in [5, 5.41) is 9.97. The number of aromatic nitrogens is 1. The number of benzene rings is 2. The van der Waals surface area contributed by atoms with E-state index in [1.807, 2.05) is 62.4 Å². The number of aryl methyl sites for hydroxylation is 2. The molecule has 0 fully saturated rings. The van der Waals surface area contributed by atoms with Crippen LogP contribution in [-0.2, 0) is 6.42 Å². The van der Waals surface area contributed by atoms with Crippen LogP contribution in [0, 0.1) is 6.92 Å². The van der Waals surface area contributed by atoms with Gasteiger partial charge >= 0.3 is 5.97 Å². The van der Waals surface area contributed by atoms with Crippen LogP contribution < -0.4 is 9.47 Å². The quantitative estimate of drug-likeness (QED) is 0.564. The molecule has 3 aromatic rings. The van der Waals surface area contributed by atoms with E-state index in [9.17, 15) is 9.90 Å². The van der Waals surface area contributed by atoms with Gasteiger partial charge in [0, 0.05) is 5.56 Å². The first-order valence-corrected chi connectivity index (χ1v) is 9.54. The smallest absolute Gasteiger partial charge is 0.347 e. The number of aromatic carboxylic acids is 1. The number of carbonyl (C=O) groups is 1. The maximum absolute atomic E-state index is 11.3. The van der Waals surface area contributed by atoms with Crippen LogP contribution in [0.1, 0.15) is 27.9 Å². The van der Waals surface area contributed by atoms with Crippen molar-refractivity contribution in [1.29, 1.82) is 0 Å². The topological polar surface area (TPSA) is 68.7 Å². The van der Waals surface area contributed by atoms with Crippen molar-refractivity contribution in [3.05, 3.63) is 64.7 Å². The van der Waals surface area contributed by atoms with Gasteiger partial charge in [0.25, 0.3) is 0 Å². The molecule has 0 amide bonds. The van der Waals surface area contributed by atoms with Gasteiger partial charge in [-0.1, -0.05) is 25.1 Å². The second-order valence-corrected chi connectivity index (χ2v) is 6.94. The molecule has 140 valence electrons. The van der Waals surface area contributed by atoms with Crippen LogP contribution in [0.5, 0.6) is 11.5 Å². The number of carboxylic acid groups (broad SMARTS) is 1. The second-order valence-electron chi connectivity index (χ2n) is 5.94. The van der Waals surface area contributed by atoms with E-state index in [4.69, 9.17) is 9.47 Å². The lowest BCUT2D eigenvalue weighted by Gasteiger charge is -2.10. The first-order chi connectivity index (χ1) is 13.1. The van der Waals surface area contributed by atoms with E-state index in [1.54, 1.807) is 0 Å². The van der Waals surface area contributed by atoms with Crippen LogP contribution in [0.4, 0.5) is 0 Å². The maximum atomic E-state index is 11.3. The normalized spacial score (nSPS) is 10.6. The first kappa shape index (κ1) is 18.9. The fraction of sp³-hybridized carbons (Fsp3) is 0.238. The predicted octanol–water partition coefficient (Wildman–Crippen LogP) is 4.84. The van der Waals surface area contributed by atoms with Crippen molar-refractivity contribution in [2.24, 2.45) is 0 Å². The molecule has 1 N–H and O–H groups in total. The van der Waals surface area contributed by atoms with Crippen LogP contribution in [0.3, 0.4) is 0 Å². The summed E-state index contributed by atoms with van der Waals surface area (Å²) in [5.74, 6) is 0.670. The second kappa shape index (κ2) is 8.68. The van der Waals surface area contributed by atoms with Gasteiger partial charge in [0.1, 0.15) is 34.6 Å². The molecule has 6 heteroatoms. The van der Waals surface area contributed by atoms with E-state index in [-0.39, 0.29) is 0 Å². The Bertz CT molecular complexity index is 918. The summed E-state index contributed by atoms with van der Waals surface area (Å²) < 4.78 is 11.4. The Kier molecular flexibility index (Phi) is 6.08. The van der Waals surface area contributed by atoms with Gasteiger partial charge in [-0.3, -0.25) is 0 Å². The van der Waals surface area contributed by atoms with Gasteiger partial charge in [-0.2, -0.15) is 0 Å². The number of nitrogens with zero attached hydrogens (tertiary/aromatic N) is 1. The van der Waals surface area contributed by atoms with Gasteiger partial charge in [-0.05, 0) is 49.2 Å². The van der Waals surface area contributed by atoms with Crippen LogP contribution in [0.2, 0.25) is 0 Å². The summed E-state index contributed by atoms with van der Waals surface area (Å²) >= 11 is 1.20. The van der Waals surface area contributed by atoms with Gasteiger partial charge < -0.3 is 14.6 Å². The van der Waals surface area contributed by atoms with E-state index in [1.165, 1.54) is 11.3 Å². The van der Waals surface area contributed by atoms with Gasteiger partial charge in [-0.25, -0.2) is 9.78 Å². The van der Waals surface area contributed by atoms with Crippen molar-refractivity contribution in [2.75, 3.05) is 13.2 Å². The largest absolute Gasteiger partial charge is 0.490 e. The van der Waals surface area contributed by atoms with Gasteiger partial charge in [-0.15, -0.1) is 11.3 Å². The minimum atomic E-state index is -0.927. The lowest BCUT2D eigenvalue weighted by molar-refractivity contribution is 0.0701. The molecule has 0 saturated carbocycles. The highest BCUT2D eigenvalue weighted by molar-refractivity contribution is 7.17. The molecule has 1 heterocycles. The lowest BCUT2D eigenvalue weighted by Crippen LogP contribution is -2.09. The Balaban J connectivity index is 1.57. The number of thiazole rings is 1. The Morgan fingerprint density at radius 3 is 2.41 bits per heavy atom. The Morgan fingerprint density at radius 1 is 1.07 bits per heavy atom. The molecule has 5 nitrogen and oxygen atoms in total. The molecule has 3 rings (SSSR count). The predicted molar refractivity (Wildman–Crippen MR) is 106 cm³/mol. The van der Waals surface area contributed by atoms with Crippen molar-refractivity contribution in [3.63, 3.8) is 0 Å². The van der Waals surface area contributed by atoms with Crippen molar-refractivity contribution in [1.82, 2.24) is 4.98 Å². The van der Waals surface area contributed by atoms with E-state index in [0.29, 0.717) is 35.2 Å². The number of carboxylic acids is 1. The first-order valence-electron chi connectivity index (χ1n) is 8.73. The molecule has 0 unspecified atom stereocenters. The van der Waals surface area contributed by atoms with Crippen molar-refractivity contribution in [3.8, 4) is 22.1 Å². The van der Waals surface area contributed by atoms with Gasteiger partial charge in [0.15, 0.2) is 0 Å². The van der Waals surface area contributed by atoms with E-state index in [0.717, 1.165) is 22.6 Å². The van der Waals surface area contributed by atoms with E-state index < -0.39 is 5.97 Å². The van der Waals surface area contributed by atoms with Crippen molar-refractivity contribution >= 4 is 17.3 Å². The van der Waals surface area contributed by atoms with Gasteiger partial charge in [0.2, 0.25) is 0 Å². The summed E-state index contributed by atoms with van der Waals surface area (Å²) in [6.45, 7) is 4.81. The molecule has 27 heavy (non-hydrogen) atoms. The molecular weight excluding hydrogens is 362 g/mol. The van der Waals surface area contributed by atoms with Crippen LogP contribution in [-0.4, -0.2) is 29.3 Å². The molecule has 0 aliphatic rings. The monoisotopic (exact) mass is 383 g/mol. The fourth-order valence-electron chi connectivity index (χ4n) is 2.61. The average Bonchev–Trinajstić information content (AvgIpc) is 3.12. The van der Waals surface area contributed by atoms with E-state index >= 15 is 0 Å². The highest BCUT2D eigenvalue weighted by atomic mass is 32.1. The fourth-order valence-corrected chi connectivity index (χ4v) is 3.60. The molecule has 0 saturated heterocycles. The Morgan fingerprint density at radius 2 is 1.78 bits per heavy atom. The number of hydrogen-bond acceptors (Lipinski definition) is 5.